The molecule has 30 heavy (non-hydrogen) atoms. The summed E-state index contributed by atoms with van der Waals surface area (Å²) in [6.45, 7) is 6.13. The van der Waals surface area contributed by atoms with Crippen LogP contribution in [0.2, 0.25) is 0 Å². The summed E-state index contributed by atoms with van der Waals surface area (Å²) in [6, 6.07) is 15.8. The number of hydrogen-bond acceptors (Lipinski definition) is 4. The number of rotatable bonds is 4. The maximum absolute atomic E-state index is 13.9. The molecule has 3 aromatic rings. The molecule has 1 aliphatic rings. The summed E-state index contributed by atoms with van der Waals surface area (Å²) in [5.74, 6) is -0.0418. The number of carbonyl (C=O) groups excluding carboxylic acids is 1. The molecule has 0 bridgehead atoms. The van der Waals surface area contributed by atoms with Crippen molar-refractivity contribution < 1.29 is 13.6 Å². The first-order valence-electron chi connectivity index (χ1n) is 9.90. The van der Waals surface area contributed by atoms with Gasteiger partial charge in [-0.3, -0.25) is 10.2 Å². The van der Waals surface area contributed by atoms with Gasteiger partial charge >= 0.3 is 0 Å². The van der Waals surface area contributed by atoms with Gasteiger partial charge in [0, 0.05) is 17.5 Å². The van der Waals surface area contributed by atoms with E-state index < -0.39 is 11.7 Å². The molecule has 6 heteroatoms. The Hall–Kier alpha value is -3.41. The number of amides is 1. The van der Waals surface area contributed by atoms with Crippen molar-refractivity contribution in [1.29, 1.82) is 0 Å². The van der Waals surface area contributed by atoms with Gasteiger partial charge in [0.05, 0.1) is 17.1 Å². The SMILES string of the molecule is Cc1c(C(=O)Nc2ccccc2F)oc2c1/C(=N\Nc1ccccc1)CC(C)(C)C2. The van der Waals surface area contributed by atoms with Crippen molar-refractivity contribution in [2.45, 2.75) is 33.6 Å². The molecule has 0 spiro atoms. The molecule has 0 radical (unpaired) electrons. The molecule has 1 heterocycles. The second-order valence-electron chi connectivity index (χ2n) is 8.34. The summed E-state index contributed by atoms with van der Waals surface area (Å²) in [5, 5.41) is 7.24. The summed E-state index contributed by atoms with van der Waals surface area (Å²) >= 11 is 0. The van der Waals surface area contributed by atoms with Crippen molar-refractivity contribution in [1.82, 2.24) is 0 Å². The van der Waals surface area contributed by atoms with E-state index >= 15 is 0 Å². The van der Waals surface area contributed by atoms with E-state index in [0.29, 0.717) is 12.0 Å². The first kappa shape index (κ1) is 19.9. The lowest BCUT2D eigenvalue weighted by Gasteiger charge is -2.29. The number of hydrazone groups is 1. The molecule has 0 saturated carbocycles. The number of anilines is 2. The van der Waals surface area contributed by atoms with Gasteiger partial charge in [-0.05, 0) is 43.0 Å². The zero-order valence-corrected chi connectivity index (χ0v) is 17.3. The van der Waals surface area contributed by atoms with Gasteiger partial charge in [-0.1, -0.05) is 44.2 Å². The molecule has 1 aliphatic carbocycles. The number of carbonyl (C=O) groups is 1. The normalized spacial score (nSPS) is 16.2. The molecule has 0 fully saturated rings. The van der Waals surface area contributed by atoms with Gasteiger partial charge in [0.25, 0.3) is 5.91 Å². The third-order valence-corrected chi connectivity index (χ3v) is 5.22. The Morgan fingerprint density at radius 3 is 2.50 bits per heavy atom. The minimum Gasteiger partial charge on any atom is -0.455 e. The summed E-state index contributed by atoms with van der Waals surface area (Å²) in [6.07, 6.45) is 1.44. The van der Waals surface area contributed by atoms with Gasteiger partial charge in [-0.25, -0.2) is 4.39 Å². The van der Waals surface area contributed by atoms with E-state index in [1.807, 2.05) is 37.3 Å². The highest BCUT2D eigenvalue weighted by atomic mass is 19.1. The van der Waals surface area contributed by atoms with Crippen molar-refractivity contribution in [3.05, 3.63) is 83.1 Å². The Kier molecular flexibility index (Phi) is 5.16. The fourth-order valence-corrected chi connectivity index (χ4v) is 3.81. The van der Waals surface area contributed by atoms with Gasteiger partial charge in [-0.2, -0.15) is 5.10 Å². The third kappa shape index (κ3) is 3.99. The van der Waals surface area contributed by atoms with E-state index in [0.717, 1.165) is 29.1 Å². The van der Waals surface area contributed by atoms with E-state index in [-0.39, 0.29) is 16.9 Å². The van der Waals surface area contributed by atoms with Crippen molar-refractivity contribution in [2.75, 3.05) is 10.7 Å². The quantitative estimate of drug-likeness (QED) is 0.542. The fraction of sp³-hybridized carbons (Fsp3) is 0.250. The van der Waals surface area contributed by atoms with E-state index in [1.54, 1.807) is 12.1 Å². The summed E-state index contributed by atoms with van der Waals surface area (Å²) in [4.78, 5) is 12.8. The number of fused-ring (bicyclic) bond motifs is 1. The molecule has 5 nitrogen and oxygen atoms in total. The molecule has 0 atom stereocenters. The monoisotopic (exact) mass is 405 g/mol. The minimum absolute atomic E-state index is 0.0617. The van der Waals surface area contributed by atoms with Crippen molar-refractivity contribution in [3.8, 4) is 0 Å². The minimum atomic E-state index is -0.490. The van der Waals surface area contributed by atoms with Crippen LogP contribution in [0.4, 0.5) is 15.8 Å². The Balaban J connectivity index is 1.68. The van der Waals surface area contributed by atoms with Gasteiger partial charge in [-0.15, -0.1) is 0 Å². The Bertz CT molecular complexity index is 1120. The fourth-order valence-electron chi connectivity index (χ4n) is 3.81. The average molecular weight is 405 g/mol. The van der Waals surface area contributed by atoms with Gasteiger partial charge in [0.2, 0.25) is 0 Å². The predicted molar refractivity (Wildman–Crippen MR) is 117 cm³/mol. The Morgan fingerprint density at radius 1 is 1.07 bits per heavy atom. The lowest BCUT2D eigenvalue weighted by molar-refractivity contribution is 0.0992. The molecule has 1 aromatic heterocycles. The maximum atomic E-state index is 13.9. The Labute approximate surface area is 175 Å². The lowest BCUT2D eigenvalue weighted by atomic mass is 9.75. The van der Waals surface area contributed by atoms with E-state index in [2.05, 4.69) is 29.7 Å². The first-order chi connectivity index (χ1) is 14.3. The number of nitrogens with one attached hydrogen (secondary N) is 2. The first-order valence-corrected chi connectivity index (χ1v) is 9.90. The van der Waals surface area contributed by atoms with Crippen LogP contribution in [-0.4, -0.2) is 11.6 Å². The number of furan rings is 1. The standard InChI is InChI=1S/C24H24FN3O2/c1-15-21-19(28-27-16-9-5-4-6-10-16)13-24(2,3)14-20(21)30-22(15)23(29)26-18-12-8-7-11-17(18)25/h4-12,27H,13-14H2,1-3H3,(H,26,29)/b28-19-. The topological polar surface area (TPSA) is 66.6 Å². The molecule has 2 aromatic carbocycles. The molecular formula is C24H24FN3O2. The van der Waals surface area contributed by atoms with Crippen LogP contribution in [0.3, 0.4) is 0 Å². The highest BCUT2D eigenvalue weighted by molar-refractivity contribution is 6.09. The van der Waals surface area contributed by atoms with Crippen LogP contribution in [-0.2, 0) is 6.42 Å². The van der Waals surface area contributed by atoms with Crippen molar-refractivity contribution in [2.24, 2.45) is 10.5 Å². The zero-order chi connectivity index (χ0) is 21.3. The van der Waals surface area contributed by atoms with E-state index in [4.69, 9.17) is 4.42 Å². The Morgan fingerprint density at radius 2 is 1.77 bits per heavy atom. The summed E-state index contributed by atoms with van der Waals surface area (Å²) in [5.41, 5.74) is 6.46. The average Bonchev–Trinajstić information content (AvgIpc) is 3.04. The third-order valence-electron chi connectivity index (χ3n) is 5.22. The van der Waals surface area contributed by atoms with Crippen molar-refractivity contribution in [3.63, 3.8) is 0 Å². The molecule has 1 amide bonds. The van der Waals surface area contributed by atoms with Crippen LogP contribution < -0.4 is 10.7 Å². The highest BCUT2D eigenvalue weighted by Crippen LogP contribution is 2.39. The van der Waals surface area contributed by atoms with E-state index in [9.17, 15) is 9.18 Å². The number of halogens is 1. The molecule has 0 saturated heterocycles. The smallest absolute Gasteiger partial charge is 0.291 e. The largest absolute Gasteiger partial charge is 0.455 e. The highest BCUT2D eigenvalue weighted by Gasteiger charge is 2.36. The predicted octanol–water partition coefficient (Wildman–Crippen LogP) is 5.77. The second-order valence-corrected chi connectivity index (χ2v) is 8.34. The molecule has 0 aliphatic heterocycles. The number of hydrogen-bond donors (Lipinski definition) is 2. The number of para-hydroxylation sites is 2. The van der Waals surface area contributed by atoms with Crippen LogP contribution in [0.25, 0.3) is 0 Å². The van der Waals surface area contributed by atoms with Crippen LogP contribution in [0.15, 0.2) is 64.1 Å². The van der Waals surface area contributed by atoms with Crippen LogP contribution in [0.1, 0.15) is 47.7 Å². The van der Waals surface area contributed by atoms with Crippen LogP contribution in [0, 0.1) is 18.2 Å². The number of nitrogens with zero attached hydrogens (tertiary/aromatic N) is 1. The van der Waals surface area contributed by atoms with Gasteiger partial charge in [0.1, 0.15) is 11.6 Å². The summed E-state index contributed by atoms with van der Waals surface area (Å²) < 4.78 is 19.9. The molecule has 2 N–H and O–H groups in total. The van der Waals surface area contributed by atoms with Crippen LogP contribution >= 0.6 is 0 Å². The second kappa shape index (κ2) is 7.78. The van der Waals surface area contributed by atoms with Gasteiger partial charge in [0.15, 0.2) is 5.76 Å². The molecule has 4 rings (SSSR count). The molecule has 0 unspecified atom stereocenters. The molecular weight excluding hydrogens is 381 g/mol. The maximum Gasteiger partial charge on any atom is 0.291 e. The zero-order valence-electron chi connectivity index (χ0n) is 17.3. The molecule has 154 valence electrons. The number of benzene rings is 2. The van der Waals surface area contributed by atoms with Gasteiger partial charge < -0.3 is 9.73 Å². The van der Waals surface area contributed by atoms with E-state index in [1.165, 1.54) is 12.1 Å². The summed E-state index contributed by atoms with van der Waals surface area (Å²) in [7, 11) is 0. The lowest BCUT2D eigenvalue weighted by Crippen LogP contribution is -2.27. The van der Waals surface area contributed by atoms with Crippen LogP contribution in [0.5, 0.6) is 0 Å². The van der Waals surface area contributed by atoms with Crippen molar-refractivity contribution >= 4 is 23.0 Å².